The molecule has 1 unspecified atom stereocenters. The van der Waals surface area contributed by atoms with Gasteiger partial charge in [-0.25, -0.2) is 9.78 Å². The van der Waals surface area contributed by atoms with Crippen LogP contribution in [-0.2, 0) is 4.74 Å². The number of aromatic nitrogens is 5. The van der Waals surface area contributed by atoms with Gasteiger partial charge in [-0.1, -0.05) is 0 Å². The molecule has 166 valence electrons. The molecular weight excluding hydrogens is 462 g/mol. The van der Waals surface area contributed by atoms with Gasteiger partial charge in [-0.15, -0.1) is 0 Å². The molecule has 0 aromatic carbocycles. The molecule has 1 fully saturated rings. The third kappa shape index (κ3) is 4.39. The van der Waals surface area contributed by atoms with Gasteiger partial charge in [-0.2, -0.15) is 14.7 Å². The summed E-state index contributed by atoms with van der Waals surface area (Å²) in [6, 6.07) is 0. The summed E-state index contributed by atoms with van der Waals surface area (Å²) >= 11 is 3.76. The fourth-order valence-electron chi connectivity index (χ4n) is 3.88. The number of aromatic amines is 1. The normalized spacial score (nSPS) is 17.2. The van der Waals surface area contributed by atoms with Crippen molar-refractivity contribution in [2.24, 2.45) is 0 Å². The van der Waals surface area contributed by atoms with Crippen molar-refractivity contribution in [3.8, 4) is 11.1 Å². The van der Waals surface area contributed by atoms with Crippen molar-refractivity contribution >= 4 is 33.5 Å². The first-order chi connectivity index (χ1) is 14.8. The van der Waals surface area contributed by atoms with Gasteiger partial charge in [0.1, 0.15) is 11.4 Å². The molecule has 4 rings (SSSR count). The molecule has 1 saturated heterocycles. The number of anilines is 1. The van der Waals surface area contributed by atoms with E-state index in [4.69, 9.17) is 9.72 Å². The molecule has 0 radical (unpaired) electrons. The van der Waals surface area contributed by atoms with Crippen LogP contribution in [0.25, 0.3) is 16.8 Å². The fourth-order valence-corrected chi connectivity index (χ4v) is 4.60. The van der Waals surface area contributed by atoms with E-state index in [1.165, 1.54) is 0 Å². The number of piperidine rings is 1. The van der Waals surface area contributed by atoms with Crippen molar-refractivity contribution in [1.82, 2.24) is 29.7 Å². The molecule has 3 aromatic heterocycles. The maximum Gasteiger partial charge on any atom is 0.410 e. The van der Waals surface area contributed by atoms with Crippen molar-refractivity contribution in [3.63, 3.8) is 0 Å². The Morgan fingerprint density at radius 3 is 2.87 bits per heavy atom. The van der Waals surface area contributed by atoms with E-state index >= 15 is 0 Å². The van der Waals surface area contributed by atoms with Gasteiger partial charge < -0.3 is 15.0 Å². The molecule has 2 N–H and O–H groups in total. The highest BCUT2D eigenvalue weighted by atomic mass is 79.9. The number of carbonyl (C=O) groups excluding carboxylic acids is 1. The van der Waals surface area contributed by atoms with Crippen LogP contribution in [0.15, 0.2) is 23.1 Å². The molecule has 1 aliphatic rings. The molecule has 10 heteroatoms. The minimum atomic E-state index is -0.517. The topological polar surface area (TPSA) is 100 Å². The van der Waals surface area contributed by atoms with Crippen LogP contribution in [0.5, 0.6) is 0 Å². The number of amides is 1. The van der Waals surface area contributed by atoms with E-state index in [2.05, 4.69) is 36.5 Å². The third-order valence-corrected chi connectivity index (χ3v) is 6.01. The monoisotopic (exact) mass is 489 g/mol. The molecule has 0 spiro atoms. The smallest absolute Gasteiger partial charge is 0.410 e. The molecule has 1 aliphatic heterocycles. The Kier molecular flexibility index (Phi) is 5.92. The number of rotatable bonds is 4. The van der Waals surface area contributed by atoms with Crippen molar-refractivity contribution < 1.29 is 9.53 Å². The predicted octanol–water partition coefficient (Wildman–Crippen LogP) is 4.43. The lowest BCUT2D eigenvalue weighted by Gasteiger charge is -2.34. The van der Waals surface area contributed by atoms with Gasteiger partial charge in [0.25, 0.3) is 0 Å². The van der Waals surface area contributed by atoms with E-state index < -0.39 is 5.60 Å². The van der Waals surface area contributed by atoms with Crippen LogP contribution in [0.1, 0.15) is 52.1 Å². The Balaban J connectivity index is 1.73. The lowest BCUT2D eigenvalue weighted by atomic mass is 9.94. The van der Waals surface area contributed by atoms with E-state index in [1.54, 1.807) is 17.3 Å². The molecule has 1 atom stereocenters. The number of nitrogens with one attached hydrogen (secondary N) is 2. The predicted molar refractivity (Wildman–Crippen MR) is 122 cm³/mol. The molecule has 0 saturated carbocycles. The average Bonchev–Trinajstić information content (AvgIpc) is 3.38. The van der Waals surface area contributed by atoms with Crippen LogP contribution in [-0.4, -0.2) is 61.0 Å². The zero-order chi connectivity index (χ0) is 22.2. The van der Waals surface area contributed by atoms with E-state index in [-0.39, 0.29) is 12.0 Å². The van der Waals surface area contributed by atoms with Gasteiger partial charge in [-0.05, 0) is 56.5 Å². The van der Waals surface area contributed by atoms with Gasteiger partial charge in [0.2, 0.25) is 0 Å². The number of hydrogen-bond acceptors (Lipinski definition) is 6. The molecule has 0 aliphatic carbocycles. The number of fused-ring (bicyclic) bond motifs is 1. The second-order valence-corrected chi connectivity index (χ2v) is 9.53. The first-order valence-corrected chi connectivity index (χ1v) is 11.4. The molecule has 1 amide bonds. The Labute approximate surface area is 189 Å². The highest BCUT2D eigenvalue weighted by Crippen LogP contribution is 2.37. The summed E-state index contributed by atoms with van der Waals surface area (Å²) in [7, 11) is 0. The summed E-state index contributed by atoms with van der Waals surface area (Å²) in [6.07, 6.45) is 6.97. The van der Waals surface area contributed by atoms with Crippen LogP contribution < -0.4 is 5.32 Å². The van der Waals surface area contributed by atoms with Gasteiger partial charge in [0.05, 0.1) is 22.6 Å². The quantitative estimate of drug-likeness (QED) is 0.562. The molecular formula is C21H28BrN7O2. The molecule has 31 heavy (non-hydrogen) atoms. The Morgan fingerprint density at radius 2 is 2.19 bits per heavy atom. The summed E-state index contributed by atoms with van der Waals surface area (Å²) in [5, 5.41) is 14.9. The molecule has 3 aromatic rings. The Morgan fingerprint density at radius 1 is 1.39 bits per heavy atom. The zero-order valence-corrected chi connectivity index (χ0v) is 19.9. The van der Waals surface area contributed by atoms with E-state index in [0.29, 0.717) is 13.1 Å². The van der Waals surface area contributed by atoms with Crippen LogP contribution in [0.2, 0.25) is 0 Å². The maximum atomic E-state index is 12.7. The number of carbonyl (C=O) groups is 1. The SMILES string of the molecule is CCNc1c(Br)c(C2CCCN(C(=O)OC(C)(C)C)C2)nc2c(-c3cn[nH]c3)cnn12. The summed E-state index contributed by atoms with van der Waals surface area (Å²) < 4.78 is 8.29. The average molecular weight is 490 g/mol. The molecule has 9 nitrogen and oxygen atoms in total. The van der Waals surface area contributed by atoms with Gasteiger partial charge in [-0.3, -0.25) is 5.10 Å². The lowest BCUT2D eigenvalue weighted by Crippen LogP contribution is -2.42. The minimum absolute atomic E-state index is 0.0881. The first-order valence-electron chi connectivity index (χ1n) is 10.6. The molecule has 0 bridgehead atoms. The van der Waals surface area contributed by atoms with Crippen molar-refractivity contribution in [1.29, 1.82) is 0 Å². The first kappa shape index (κ1) is 21.6. The minimum Gasteiger partial charge on any atom is -0.444 e. The number of hydrogen-bond donors (Lipinski definition) is 2. The van der Waals surface area contributed by atoms with Crippen LogP contribution in [0.4, 0.5) is 10.6 Å². The third-order valence-electron chi connectivity index (χ3n) is 5.23. The standard InChI is InChI=1S/C21H28BrN7O2/c1-5-23-19-16(22)17(13-7-6-8-28(12-13)20(30)31-21(2,3)4)27-18-15(11-26-29(18)19)14-9-24-25-10-14/h9-11,13,23H,5-8,12H2,1-4H3,(H,24,25). The highest BCUT2D eigenvalue weighted by molar-refractivity contribution is 9.10. The van der Waals surface area contributed by atoms with Gasteiger partial charge in [0.15, 0.2) is 5.65 Å². The van der Waals surface area contributed by atoms with Crippen molar-refractivity contribution in [3.05, 3.63) is 28.8 Å². The fraction of sp³-hybridized carbons (Fsp3) is 0.524. The second-order valence-electron chi connectivity index (χ2n) is 8.74. The zero-order valence-electron chi connectivity index (χ0n) is 18.3. The second kappa shape index (κ2) is 8.49. The van der Waals surface area contributed by atoms with Crippen LogP contribution in [0, 0.1) is 0 Å². The largest absolute Gasteiger partial charge is 0.444 e. The number of H-pyrrole nitrogens is 1. The van der Waals surface area contributed by atoms with Crippen molar-refractivity contribution in [2.75, 3.05) is 25.0 Å². The summed E-state index contributed by atoms with van der Waals surface area (Å²) in [6.45, 7) is 9.71. The summed E-state index contributed by atoms with van der Waals surface area (Å²) in [5.74, 6) is 0.941. The molecule has 4 heterocycles. The number of likely N-dealkylation sites (tertiary alicyclic amines) is 1. The Hall–Kier alpha value is -2.62. The summed E-state index contributed by atoms with van der Waals surface area (Å²) in [5.41, 5.74) is 2.99. The Bertz CT molecular complexity index is 1070. The summed E-state index contributed by atoms with van der Waals surface area (Å²) in [4.78, 5) is 19.5. The number of nitrogens with zero attached hydrogens (tertiary/aromatic N) is 5. The highest BCUT2D eigenvalue weighted by Gasteiger charge is 2.31. The lowest BCUT2D eigenvalue weighted by molar-refractivity contribution is 0.0197. The number of ether oxygens (including phenoxy) is 1. The van der Waals surface area contributed by atoms with Gasteiger partial charge >= 0.3 is 6.09 Å². The van der Waals surface area contributed by atoms with Gasteiger partial charge in [0, 0.05) is 42.9 Å². The van der Waals surface area contributed by atoms with E-state index in [0.717, 1.165) is 52.1 Å². The maximum absolute atomic E-state index is 12.7. The van der Waals surface area contributed by atoms with Crippen LogP contribution in [0.3, 0.4) is 0 Å². The van der Waals surface area contributed by atoms with E-state index in [9.17, 15) is 4.79 Å². The van der Waals surface area contributed by atoms with E-state index in [1.807, 2.05) is 38.4 Å². The van der Waals surface area contributed by atoms with Crippen molar-refractivity contribution in [2.45, 2.75) is 52.1 Å². The van der Waals surface area contributed by atoms with Crippen LogP contribution >= 0.6 is 15.9 Å². The number of halogens is 1.